The van der Waals surface area contributed by atoms with Crippen LogP contribution < -0.4 is 4.74 Å². The van der Waals surface area contributed by atoms with Gasteiger partial charge in [0.05, 0.1) is 23.9 Å². The van der Waals surface area contributed by atoms with Crippen LogP contribution in [0.15, 0.2) is 70.9 Å². The number of hydrogen-bond acceptors (Lipinski definition) is 6. The van der Waals surface area contributed by atoms with E-state index in [0.717, 1.165) is 23.3 Å². The van der Waals surface area contributed by atoms with Gasteiger partial charge < -0.3 is 9.47 Å². The van der Waals surface area contributed by atoms with Crippen molar-refractivity contribution < 1.29 is 19.1 Å². The van der Waals surface area contributed by atoms with Crippen LogP contribution in [0.5, 0.6) is 5.75 Å². The number of allylic oxidation sites excluding steroid dienone is 1. The summed E-state index contributed by atoms with van der Waals surface area (Å²) in [7, 11) is 0. The Hall–Kier alpha value is -3.06. The fraction of sp³-hybridized carbons (Fsp3) is 0.320. The first-order chi connectivity index (χ1) is 15.6. The Morgan fingerprint density at radius 3 is 2.62 bits per heavy atom. The molecule has 0 aliphatic carbocycles. The SMILES string of the molecule is CCCOc1ccc([C@@H]2C(C(=O)OCc3ccccc3)=C(C)N=C3SCCC(=O)N32)cc1. The van der Waals surface area contributed by atoms with Gasteiger partial charge in [-0.05, 0) is 36.6 Å². The number of thioether (sulfide) groups is 1. The number of rotatable bonds is 7. The summed E-state index contributed by atoms with van der Waals surface area (Å²) in [5.74, 6) is 0.938. The highest BCUT2D eigenvalue weighted by Crippen LogP contribution is 2.40. The van der Waals surface area contributed by atoms with E-state index in [1.807, 2.05) is 54.6 Å². The average molecular weight is 451 g/mol. The molecule has 1 amide bonds. The molecule has 0 bridgehead atoms. The van der Waals surface area contributed by atoms with Gasteiger partial charge in [-0.1, -0.05) is 61.2 Å². The molecule has 7 heteroatoms. The van der Waals surface area contributed by atoms with Crippen LogP contribution in [-0.2, 0) is 20.9 Å². The number of ether oxygens (including phenoxy) is 2. The number of amides is 1. The van der Waals surface area contributed by atoms with E-state index in [1.54, 1.807) is 11.8 Å². The second kappa shape index (κ2) is 10.0. The number of carbonyl (C=O) groups is 2. The lowest BCUT2D eigenvalue weighted by molar-refractivity contribution is -0.141. The van der Waals surface area contributed by atoms with Crippen molar-refractivity contribution in [1.29, 1.82) is 0 Å². The highest BCUT2D eigenvalue weighted by Gasteiger charge is 2.41. The molecule has 0 saturated carbocycles. The smallest absolute Gasteiger partial charge is 0.338 e. The zero-order chi connectivity index (χ0) is 22.5. The maximum atomic E-state index is 13.2. The largest absolute Gasteiger partial charge is 0.494 e. The molecule has 0 spiro atoms. The van der Waals surface area contributed by atoms with Gasteiger partial charge in [-0.25, -0.2) is 9.79 Å². The maximum absolute atomic E-state index is 13.2. The van der Waals surface area contributed by atoms with Gasteiger partial charge in [0.2, 0.25) is 5.91 Å². The Morgan fingerprint density at radius 1 is 1.16 bits per heavy atom. The average Bonchev–Trinajstić information content (AvgIpc) is 2.81. The van der Waals surface area contributed by atoms with Crippen molar-refractivity contribution in [3.8, 4) is 5.75 Å². The molecular formula is C25H26N2O4S. The van der Waals surface area contributed by atoms with Crippen LogP contribution in [0, 0.1) is 0 Å². The van der Waals surface area contributed by atoms with E-state index in [2.05, 4.69) is 11.9 Å². The zero-order valence-electron chi connectivity index (χ0n) is 18.2. The lowest BCUT2D eigenvalue weighted by atomic mass is 9.94. The number of amidine groups is 1. The summed E-state index contributed by atoms with van der Waals surface area (Å²) in [6.45, 7) is 4.65. The summed E-state index contributed by atoms with van der Waals surface area (Å²) in [4.78, 5) is 32.4. The standard InChI is InChI=1S/C25H26N2O4S/c1-3-14-30-20-11-9-19(10-12-20)23-22(24(29)31-16-18-7-5-4-6-8-18)17(2)26-25-27(23)21(28)13-15-32-25/h4-12,23H,3,13-16H2,1-2H3/t23-/m1/s1. The van der Waals surface area contributed by atoms with Crippen molar-refractivity contribution in [3.63, 3.8) is 0 Å². The van der Waals surface area contributed by atoms with E-state index >= 15 is 0 Å². The van der Waals surface area contributed by atoms with Gasteiger partial charge in [0.25, 0.3) is 0 Å². The van der Waals surface area contributed by atoms with Gasteiger partial charge in [0.15, 0.2) is 5.17 Å². The summed E-state index contributed by atoms with van der Waals surface area (Å²) in [5, 5.41) is 0.634. The third kappa shape index (κ3) is 4.72. The van der Waals surface area contributed by atoms with Crippen LogP contribution in [0.2, 0.25) is 0 Å². The Balaban J connectivity index is 1.66. The lowest BCUT2D eigenvalue weighted by Gasteiger charge is -2.38. The van der Waals surface area contributed by atoms with E-state index in [9.17, 15) is 9.59 Å². The summed E-state index contributed by atoms with van der Waals surface area (Å²) in [5.41, 5.74) is 2.69. The quantitative estimate of drug-likeness (QED) is 0.563. The van der Waals surface area contributed by atoms with Crippen molar-refractivity contribution in [2.75, 3.05) is 12.4 Å². The number of carbonyl (C=O) groups excluding carboxylic acids is 2. The molecule has 166 valence electrons. The second-order valence-corrected chi connectivity index (χ2v) is 8.70. The van der Waals surface area contributed by atoms with E-state index in [-0.39, 0.29) is 12.5 Å². The monoisotopic (exact) mass is 450 g/mol. The lowest BCUT2D eigenvalue weighted by Crippen LogP contribution is -2.45. The Kier molecular flexibility index (Phi) is 6.95. The first-order valence-corrected chi connectivity index (χ1v) is 11.7. The number of hydrogen-bond donors (Lipinski definition) is 0. The van der Waals surface area contributed by atoms with Crippen molar-refractivity contribution in [3.05, 3.63) is 77.0 Å². The van der Waals surface area contributed by atoms with E-state index < -0.39 is 12.0 Å². The number of esters is 1. The summed E-state index contributed by atoms with van der Waals surface area (Å²) in [6, 6.07) is 16.5. The Morgan fingerprint density at radius 2 is 1.91 bits per heavy atom. The topological polar surface area (TPSA) is 68.2 Å². The maximum Gasteiger partial charge on any atom is 0.338 e. The van der Waals surface area contributed by atoms with Gasteiger partial charge >= 0.3 is 5.97 Å². The first-order valence-electron chi connectivity index (χ1n) is 10.8. The minimum atomic E-state index is -0.578. The summed E-state index contributed by atoms with van der Waals surface area (Å²) < 4.78 is 11.3. The third-order valence-electron chi connectivity index (χ3n) is 5.31. The molecule has 0 aromatic heterocycles. The molecule has 2 aliphatic rings. The molecule has 6 nitrogen and oxygen atoms in total. The molecule has 0 radical (unpaired) electrons. The third-order valence-corrected chi connectivity index (χ3v) is 6.26. The van der Waals surface area contributed by atoms with Crippen LogP contribution in [0.3, 0.4) is 0 Å². The van der Waals surface area contributed by atoms with Crippen LogP contribution >= 0.6 is 11.8 Å². The molecule has 0 N–H and O–H groups in total. The molecular weight excluding hydrogens is 424 g/mol. The molecule has 4 rings (SSSR count). The van der Waals surface area contributed by atoms with Crippen LogP contribution in [-0.4, -0.2) is 34.3 Å². The van der Waals surface area contributed by atoms with Crippen molar-refractivity contribution in [2.24, 2.45) is 4.99 Å². The molecule has 2 aromatic carbocycles. The van der Waals surface area contributed by atoms with Gasteiger partial charge in [-0.15, -0.1) is 0 Å². The predicted molar refractivity (Wildman–Crippen MR) is 125 cm³/mol. The highest BCUT2D eigenvalue weighted by molar-refractivity contribution is 8.14. The predicted octanol–water partition coefficient (Wildman–Crippen LogP) is 4.87. The van der Waals surface area contributed by atoms with Gasteiger partial charge in [0, 0.05) is 12.2 Å². The normalized spacial score (nSPS) is 18.2. The van der Waals surface area contributed by atoms with Crippen LogP contribution in [0.4, 0.5) is 0 Å². The minimum absolute atomic E-state index is 0.0420. The van der Waals surface area contributed by atoms with Crippen molar-refractivity contribution >= 4 is 28.8 Å². The molecule has 1 fully saturated rings. The van der Waals surface area contributed by atoms with Crippen LogP contribution in [0.1, 0.15) is 43.9 Å². The van der Waals surface area contributed by atoms with Crippen molar-refractivity contribution in [2.45, 2.75) is 39.3 Å². The Bertz CT molecular complexity index is 1050. The number of aliphatic imine (C=N–C) groups is 1. The van der Waals surface area contributed by atoms with Crippen molar-refractivity contribution in [1.82, 2.24) is 4.90 Å². The molecule has 2 aromatic rings. The number of nitrogens with zero attached hydrogens (tertiary/aromatic N) is 2. The van der Waals surface area contributed by atoms with E-state index in [0.29, 0.717) is 35.2 Å². The first kappa shape index (κ1) is 22.1. The number of fused-ring (bicyclic) bond motifs is 1. The Labute approximate surface area is 192 Å². The molecule has 2 aliphatic heterocycles. The summed E-state index contributed by atoms with van der Waals surface area (Å²) >= 11 is 1.54. The number of benzene rings is 2. The minimum Gasteiger partial charge on any atom is -0.494 e. The fourth-order valence-corrected chi connectivity index (χ4v) is 4.75. The highest BCUT2D eigenvalue weighted by atomic mass is 32.2. The van der Waals surface area contributed by atoms with Crippen LogP contribution in [0.25, 0.3) is 0 Å². The zero-order valence-corrected chi connectivity index (χ0v) is 19.1. The fourth-order valence-electron chi connectivity index (χ4n) is 3.74. The molecule has 32 heavy (non-hydrogen) atoms. The summed E-state index contributed by atoms with van der Waals surface area (Å²) in [6.07, 6.45) is 1.33. The van der Waals surface area contributed by atoms with E-state index in [1.165, 1.54) is 11.8 Å². The van der Waals surface area contributed by atoms with Gasteiger partial charge in [-0.3, -0.25) is 9.69 Å². The van der Waals surface area contributed by atoms with Gasteiger partial charge in [0.1, 0.15) is 12.4 Å². The molecule has 1 atom stereocenters. The molecule has 2 heterocycles. The molecule has 1 saturated heterocycles. The molecule has 0 unspecified atom stereocenters. The van der Waals surface area contributed by atoms with E-state index in [4.69, 9.17) is 9.47 Å². The van der Waals surface area contributed by atoms with Gasteiger partial charge in [-0.2, -0.15) is 0 Å². The second-order valence-electron chi connectivity index (χ2n) is 7.64.